The fourth-order valence-electron chi connectivity index (χ4n) is 3.02. The van der Waals surface area contributed by atoms with Crippen molar-refractivity contribution >= 4 is 11.9 Å². The largest absolute Gasteiger partial charge is 0.385 e. The van der Waals surface area contributed by atoms with Gasteiger partial charge in [0.15, 0.2) is 5.96 Å². The summed E-state index contributed by atoms with van der Waals surface area (Å²) in [5.41, 5.74) is 0. The van der Waals surface area contributed by atoms with E-state index in [2.05, 4.69) is 34.5 Å². The van der Waals surface area contributed by atoms with Gasteiger partial charge in [-0.1, -0.05) is 6.42 Å². The van der Waals surface area contributed by atoms with Gasteiger partial charge >= 0.3 is 0 Å². The summed E-state index contributed by atoms with van der Waals surface area (Å²) in [5, 5.41) is 6.67. The summed E-state index contributed by atoms with van der Waals surface area (Å²) in [6.07, 6.45) is 6.04. The molecule has 0 aromatic rings. The lowest BCUT2D eigenvalue weighted by molar-refractivity contribution is -0.130. The van der Waals surface area contributed by atoms with E-state index < -0.39 is 0 Å². The average Bonchev–Trinajstić information content (AvgIpc) is 2.83. The number of amides is 1. The predicted molar refractivity (Wildman–Crippen MR) is 108 cm³/mol. The fourth-order valence-corrected chi connectivity index (χ4v) is 3.02. The molecule has 0 aromatic heterocycles. The number of likely N-dealkylation sites (tertiary alicyclic amines) is 1. The van der Waals surface area contributed by atoms with Crippen LogP contribution in [-0.2, 0) is 9.53 Å². The van der Waals surface area contributed by atoms with E-state index in [4.69, 9.17) is 4.74 Å². The van der Waals surface area contributed by atoms with Crippen LogP contribution in [0, 0.1) is 0 Å². The average molecular weight is 370 g/mol. The molecule has 1 rings (SSSR count). The van der Waals surface area contributed by atoms with Crippen molar-refractivity contribution in [2.75, 3.05) is 66.6 Å². The lowest BCUT2D eigenvalue weighted by atomic mass is 10.2. The number of carbonyl (C=O) groups excluding carboxylic acids is 1. The molecule has 0 radical (unpaired) electrons. The summed E-state index contributed by atoms with van der Waals surface area (Å²) in [7, 11) is 3.86. The van der Waals surface area contributed by atoms with Crippen molar-refractivity contribution in [3.63, 3.8) is 0 Å². The van der Waals surface area contributed by atoms with Crippen LogP contribution in [0.5, 0.6) is 0 Å². The van der Waals surface area contributed by atoms with Gasteiger partial charge in [0.1, 0.15) is 0 Å². The zero-order chi connectivity index (χ0) is 19.0. The lowest BCUT2D eigenvalue weighted by Crippen LogP contribution is -2.41. The standard InChI is InChI=1S/C19H39N5O2/c1-4-20-19(22-12-16-23(2)13-9-17-26-3)21-11-8-15-24-14-7-5-6-10-18(24)25/h4-17H2,1-3H3,(H2,20,21,22). The number of hydrogen-bond acceptors (Lipinski definition) is 4. The van der Waals surface area contributed by atoms with Crippen LogP contribution in [0.2, 0.25) is 0 Å². The number of ether oxygens (including phenoxy) is 1. The number of aliphatic imine (C=N–C) groups is 1. The van der Waals surface area contributed by atoms with Gasteiger partial charge in [-0.25, -0.2) is 0 Å². The van der Waals surface area contributed by atoms with Gasteiger partial charge < -0.3 is 25.2 Å². The van der Waals surface area contributed by atoms with E-state index in [1.54, 1.807) is 7.11 Å². The van der Waals surface area contributed by atoms with E-state index in [1.807, 2.05) is 4.90 Å². The van der Waals surface area contributed by atoms with Crippen molar-refractivity contribution in [3.8, 4) is 0 Å². The van der Waals surface area contributed by atoms with Crippen molar-refractivity contribution < 1.29 is 9.53 Å². The van der Waals surface area contributed by atoms with Crippen LogP contribution >= 0.6 is 0 Å². The maximum atomic E-state index is 12.0. The van der Waals surface area contributed by atoms with Crippen molar-refractivity contribution in [3.05, 3.63) is 0 Å². The molecule has 1 saturated heterocycles. The Balaban J connectivity index is 2.24. The third-order valence-electron chi connectivity index (χ3n) is 4.55. The molecule has 0 saturated carbocycles. The Labute approximate surface area is 159 Å². The third kappa shape index (κ3) is 10.6. The number of nitrogens with zero attached hydrogens (tertiary/aromatic N) is 3. The molecule has 152 valence electrons. The second-order valence-electron chi connectivity index (χ2n) is 6.88. The fraction of sp³-hybridized carbons (Fsp3) is 0.895. The highest BCUT2D eigenvalue weighted by Crippen LogP contribution is 2.11. The quantitative estimate of drug-likeness (QED) is 0.308. The van der Waals surface area contributed by atoms with Crippen molar-refractivity contribution in [1.29, 1.82) is 0 Å². The minimum Gasteiger partial charge on any atom is -0.385 e. The number of methoxy groups -OCH3 is 1. The first-order chi connectivity index (χ1) is 12.7. The van der Waals surface area contributed by atoms with Crippen LogP contribution in [0.15, 0.2) is 4.99 Å². The highest BCUT2D eigenvalue weighted by molar-refractivity contribution is 5.79. The Morgan fingerprint density at radius 2 is 2.08 bits per heavy atom. The Morgan fingerprint density at radius 3 is 2.85 bits per heavy atom. The van der Waals surface area contributed by atoms with Crippen LogP contribution in [-0.4, -0.2) is 88.2 Å². The summed E-state index contributed by atoms with van der Waals surface area (Å²) >= 11 is 0. The summed E-state index contributed by atoms with van der Waals surface area (Å²) < 4.78 is 5.08. The van der Waals surface area contributed by atoms with E-state index in [1.165, 1.54) is 6.42 Å². The lowest BCUT2D eigenvalue weighted by Gasteiger charge is -2.20. The maximum Gasteiger partial charge on any atom is 0.222 e. The molecule has 0 spiro atoms. The van der Waals surface area contributed by atoms with Gasteiger partial charge in [-0.15, -0.1) is 0 Å². The van der Waals surface area contributed by atoms with E-state index in [0.717, 1.165) is 84.1 Å². The van der Waals surface area contributed by atoms with Crippen LogP contribution in [0.3, 0.4) is 0 Å². The number of carbonyl (C=O) groups is 1. The normalized spacial score (nSPS) is 16.1. The molecular weight excluding hydrogens is 330 g/mol. The monoisotopic (exact) mass is 369 g/mol. The molecule has 1 heterocycles. The second kappa shape index (κ2) is 14.8. The Kier molecular flexibility index (Phi) is 12.9. The topological polar surface area (TPSA) is 69.2 Å². The van der Waals surface area contributed by atoms with Crippen LogP contribution < -0.4 is 10.6 Å². The molecule has 0 bridgehead atoms. The first-order valence-corrected chi connectivity index (χ1v) is 10.1. The zero-order valence-corrected chi connectivity index (χ0v) is 17.1. The first kappa shape index (κ1) is 22.7. The smallest absolute Gasteiger partial charge is 0.222 e. The first-order valence-electron chi connectivity index (χ1n) is 10.1. The number of guanidine groups is 1. The molecule has 26 heavy (non-hydrogen) atoms. The predicted octanol–water partition coefficient (Wildman–Crippen LogP) is 1.30. The Morgan fingerprint density at radius 1 is 1.23 bits per heavy atom. The zero-order valence-electron chi connectivity index (χ0n) is 17.1. The van der Waals surface area contributed by atoms with Gasteiger partial charge in [0.05, 0.1) is 0 Å². The molecule has 0 aliphatic carbocycles. The van der Waals surface area contributed by atoms with E-state index in [-0.39, 0.29) is 0 Å². The van der Waals surface area contributed by atoms with Crippen molar-refractivity contribution in [2.45, 2.75) is 45.4 Å². The number of rotatable bonds is 12. The molecule has 1 aliphatic rings. The summed E-state index contributed by atoms with van der Waals surface area (Å²) in [4.78, 5) is 20.9. The second-order valence-corrected chi connectivity index (χ2v) is 6.88. The Hall–Kier alpha value is -1.34. The molecule has 1 fully saturated rings. The van der Waals surface area contributed by atoms with Gasteiger partial charge in [-0.05, 0) is 39.7 Å². The number of likely N-dealkylation sites (N-methyl/N-ethyl adjacent to an activating group) is 1. The highest BCUT2D eigenvalue weighted by Gasteiger charge is 2.15. The van der Waals surface area contributed by atoms with Gasteiger partial charge in [0.25, 0.3) is 0 Å². The van der Waals surface area contributed by atoms with Crippen molar-refractivity contribution in [2.24, 2.45) is 4.99 Å². The van der Waals surface area contributed by atoms with Crippen LogP contribution in [0.1, 0.15) is 45.4 Å². The van der Waals surface area contributed by atoms with E-state index in [0.29, 0.717) is 12.3 Å². The van der Waals surface area contributed by atoms with E-state index >= 15 is 0 Å². The third-order valence-corrected chi connectivity index (χ3v) is 4.55. The SMILES string of the molecule is CCNC(=NCCCN1CCCCCC1=O)NCCN(C)CCCOC. The van der Waals surface area contributed by atoms with E-state index in [9.17, 15) is 4.79 Å². The highest BCUT2D eigenvalue weighted by atomic mass is 16.5. The van der Waals surface area contributed by atoms with Crippen molar-refractivity contribution in [1.82, 2.24) is 20.4 Å². The molecule has 1 amide bonds. The molecule has 1 aliphatic heterocycles. The molecule has 7 nitrogen and oxygen atoms in total. The molecule has 0 unspecified atom stereocenters. The molecule has 0 aromatic carbocycles. The summed E-state index contributed by atoms with van der Waals surface area (Å²) in [6.45, 7) is 9.07. The minimum absolute atomic E-state index is 0.313. The summed E-state index contributed by atoms with van der Waals surface area (Å²) in [6, 6.07) is 0. The number of hydrogen-bond donors (Lipinski definition) is 2. The number of nitrogens with one attached hydrogen (secondary N) is 2. The molecule has 7 heteroatoms. The summed E-state index contributed by atoms with van der Waals surface area (Å²) in [5.74, 6) is 1.17. The maximum absolute atomic E-state index is 12.0. The van der Waals surface area contributed by atoms with Gasteiger partial charge in [0, 0.05) is 66.0 Å². The van der Waals surface area contributed by atoms with Gasteiger partial charge in [-0.2, -0.15) is 0 Å². The molecule has 0 atom stereocenters. The van der Waals surface area contributed by atoms with Crippen LogP contribution in [0.4, 0.5) is 0 Å². The van der Waals surface area contributed by atoms with Crippen LogP contribution in [0.25, 0.3) is 0 Å². The molecule has 2 N–H and O–H groups in total. The van der Waals surface area contributed by atoms with Gasteiger partial charge in [0.2, 0.25) is 5.91 Å². The Bertz CT molecular complexity index is 403. The van der Waals surface area contributed by atoms with Gasteiger partial charge in [-0.3, -0.25) is 9.79 Å². The molecular formula is C19H39N5O2. The minimum atomic E-state index is 0.313.